The average Bonchev–Trinajstić information content (AvgIpc) is 3.10. The minimum absolute atomic E-state index is 0.0341. The maximum atomic E-state index is 14.9. The van der Waals surface area contributed by atoms with Gasteiger partial charge in [0.05, 0.1) is 28.8 Å². The van der Waals surface area contributed by atoms with E-state index in [0.29, 0.717) is 10.9 Å². The number of nitrogens with one attached hydrogen (secondary N) is 2. The van der Waals surface area contributed by atoms with Crippen molar-refractivity contribution in [3.05, 3.63) is 63.0 Å². The van der Waals surface area contributed by atoms with Gasteiger partial charge < -0.3 is 15.0 Å². The van der Waals surface area contributed by atoms with Crippen LogP contribution in [0.15, 0.2) is 35.3 Å². The minimum Gasteiger partial charge on any atom is -0.447 e. The normalized spacial score (nSPS) is 14.9. The molecule has 2 N–H and O–H groups in total. The first-order valence-corrected chi connectivity index (χ1v) is 9.10. The van der Waals surface area contributed by atoms with E-state index >= 15 is 0 Å². The monoisotopic (exact) mass is 420 g/mol. The van der Waals surface area contributed by atoms with Gasteiger partial charge in [0.15, 0.2) is 11.6 Å². The molecule has 1 aromatic carbocycles. The Morgan fingerprint density at radius 1 is 1.31 bits per heavy atom. The van der Waals surface area contributed by atoms with Crippen LogP contribution in [0, 0.1) is 11.6 Å². The van der Waals surface area contributed by atoms with E-state index < -0.39 is 29.3 Å². The third kappa shape index (κ3) is 3.49. The predicted octanol–water partition coefficient (Wildman–Crippen LogP) is 3.98. The number of rotatable bonds is 4. The summed E-state index contributed by atoms with van der Waals surface area (Å²) in [6.45, 7) is 2.06. The van der Waals surface area contributed by atoms with Gasteiger partial charge in [-0.3, -0.25) is 9.69 Å². The van der Waals surface area contributed by atoms with Crippen molar-refractivity contribution >= 4 is 40.1 Å². The Labute approximate surface area is 168 Å². The summed E-state index contributed by atoms with van der Waals surface area (Å²) < 4.78 is 33.4. The van der Waals surface area contributed by atoms with Gasteiger partial charge in [0.2, 0.25) is 0 Å². The standard InChI is InChI=1S/C19H15ClF2N4O3/c1-9(11-6-10-7-12(20)13(21)8-14(10)25-18(11)27)24-17-16(22)15(2-3-23-17)26-4-5-29-19(26)28/h2-3,6-9H,4-5H2,1H3,(H,23,24)(H,25,27)/t9-/m0/s1. The largest absolute Gasteiger partial charge is 0.447 e. The molecule has 3 aromatic rings. The fourth-order valence-electron chi connectivity index (χ4n) is 3.18. The zero-order valence-corrected chi connectivity index (χ0v) is 15.9. The highest BCUT2D eigenvalue weighted by molar-refractivity contribution is 6.31. The van der Waals surface area contributed by atoms with E-state index in [9.17, 15) is 18.4 Å². The van der Waals surface area contributed by atoms with E-state index in [2.05, 4.69) is 15.3 Å². The second-order valence-corrected chi connectivity index (χ2v) is 6.94. The second-order valence-electron chi connectivity index (χ2n) is 6.53. The van der Waals surface area contributed by atoms with Crippen molar-refractivity contribution in [3.63, 3.8) is 0 Å². The first kappa shape index (κ1) is 19.1. The maximum Gasteiger partial charge on any atom is 0.414 e. The molecule has 2 aromatic heterocycles. The molecule has 0 radical (unpaired) electrons. The molecule has 0 bridgehead atoms. The van der Waals surface area contributed by atoms with Gasteiger partial charge in [-0.1, -0.05) is 11.6 Å². The lowest BCUT2D eigenvalue weighted by Crippen LogP contribution is -2.25. The van der Waals surface area contributed by atoms with Crippen LogP contribution in [0.3, 0.4) is 0 Å². The molecule has 1 aliphatic rings. The number of pyridine rings is 2. The molecule has 0 unspecified atom stereocenters. The van der Waals surface area contributed by atoms with Crippen molar-refractivity contribution in [2.24, 2.45) is 0 Å². The van der Waals surface area contributed by atoms with Crippen molar-refractivity contribution in [1.29, 1.82) is 0 Å². The zero-order valence-electron chi connectivity index (χ0n) is 15.1. The smallest absolute Gasteiger partial charge is 0.414 e. The number of carbonyl (C=O) groups excluding carboxylic acids is 1. The van der Waals surface area contributed by atoms with E-state index in [1.54, 1.807) is 13.0 Å². The Balaban J connectivity index is 1.67. The van der Waals surface area contributed by atoms with Gasteiger partial charge in [-0.25, -0.2) is 18.6 Å². The summed E-state index contributed by atoms with van der Waals surface area (Å²) >= 11 is 5.82. The first-order valence-electron chi connectivity index (χ1n) is 8.72. The Bertz CT molecular complexity index is 1180. The number of H-pyrrole nitrogens is 1. The highest BCUT2D eigenvalue weighted by atomic mass is 35.5. The van der Waals surface area contributed by atoms with Crippen LogP contribution in [-0.4, -0.2) is 29.2 Å². The highest BCUT2D eigenvalue weighted by Crippen LogP contribution is 2.29. The number of aromatic nitrogens is 2. The number of fused-ring (bicyclic) bond motifs is 1. The van der Waals surface area contributed by atoms with Crippen molar-refractivity contribution in [3.8, 4) is 0 Å². The van der Waals surface area contributed by atoms with Crippen LogP contribution in [0.2, 0.25) is 5.02 Å². The summed E-state index contributed by atoms with van der Waals surface area (Å²) in [6, 6.07) is 4.82. The Morgan fingerprint density at radius 2 is 2.10 bits per heavy atom. The van der Waals surface area contributed by atoms with E-state index in [4.69, 9.17) is 16.3 Å². The topological polar surface area (TPSA) is 87.3 Å². The van der Waals surface area contributed by atoms with Crippen LogP contribution >= 0.6 is 11.6 Å². The lowest BCUT2D eigenvalue weighted by Gasteiger charge is -2.18. The summed E-state index contributed by atoms with van der Waals surface area (Å²) in [4.78, 5) is 31.9. The molecule has 0 saturated carbocycles. The van der Waals surface area contributed by atoms with Crippen molar-refractivity contribution < 1.29 is 18.3 Å². The molecule has 1 aliphatic heterocycles. The third-order valence-corrected chi connectivity index (χ3v) is 4.94. The number of hydrogen-bond donors (Lipinski definition) is 2. The van der Waals surface area contributed by atoms with Crippen LogP contribution in [-0.2, 0) is 4.74 Å². The number of cyclic esters (lactones) is 1. The average molecular weight is 421 g/mol. The van der Waals surface area contributed by atoms with Crippen LogP contribution < -0.4 is 15.8 Å². The summed E-state index contributed by atoms with van der Waals surface area (Å²) in [5.74, 6) is -1.50. The number of nitrogens with zero attached hydrogens (tertiary/aromatic N) is 2. The lowest BCUT2D eigenvalue weighted by molar-refractivity contribution is 0.181. The second kappa shape index (κ2) is 7.32. The minimum atomic E-state index is -0.736. The Kier molecular flexibility index (Phi) is 4.83. The van der Waals surface area contributed by atoms with Gasteiger partial charge in [0.25, 0.3) is 5.56 Å². The van der Waals surface area contributed by atoms with Crippen LogP contribution in [0.1, 0.15) is 18.5 Å². The molecule has 7 nitrogen and oxygen atoms in total. The number of halogens is 3. The van der Waals surface area contributed by atoms with Crippen molar-refractivity contribution in [2.75, 3.05) is 23.4 Å². The van der Waals surface area contributed by atoms with Gasteiger partial charge in [0, 0.05) is 17.1 Å². The van der Waals surface area contributed by atoms with Gasteiger partial charge in [-0.15, -0.1) is 0 Å². The Hall–Kier alpha value is -3.20. The molecule has 0 spiro atoms. The van der Waals surface area contributed by atoms with E-state index in [1.165, 1.54) is 23.2 Å². The van der Waals surface area contributed by atoms with Gasteiger partial charge in [-0.2, -0.15) is 0 Å². The van der Waals surface area contributed by atoms with E-state index in [0.717, 1.165) is 6.07 Å². The molecule has 1 saturated heterocycles. The first-order chi connectivity index (χ1) is 13.8. The van der Waals surface area contributed by atoms with Gasteiger partial charge >= 0.3 is 6.09 Å². The number of hydrogen-bond acceptors (Lipinski definition) is 5. The van der Waals surface area contributed by atoms with Crippen LogP contribution in [0.5, 0.6) is 0 Å². The predicted molar refractivity (Wildman–Crippen MR) is 104 cm³/mol. The van der Waals surface area contributed by atoms with Gasteiger partial charge in [-0.05, 0) is 31.2 Å². The van der Waals surface area contributed by atoms with Crippen molar-refractivity contribution in [2.45, 2.75) is 13.0 Å². The summed E-state index contributed by atoms with van der Waals surface area (Å²) in [7, 11) is 0. The van der Waals surface area contributed by atoms with E-state index in [-0.39, 0.29) is 35.2 Å². The molecule has 4 rings (SSSR count). The number of carbonyl (C=O) groups is 1. The number of ether oxygens (including phenoxy) is 1. The third-order valence-electron chi connectivity index (χ3n) is 4.65. The molecule has 150 valence electrons. The number of anilines is 2. The van der Waals surface area contributed by atoms with Crippen LogP contribution in [0.25, 0.3) is 10.9 Å². The molecule has 3 heterocycles. The summed E-state index contributed by atoms with van der Waals surface area (Å²) in [5.41, 5.74) is 0.157. The molecule has 0 aliphatic carbocycles. The van der Waals surface area contributed by atoms with Crippen LogP contribution in [0.4, 0.5) is 25.1 Å². The SMILES string of the molecule is C[C@H](Nc1nccc(N2CCOC2=O)c1F)c1cc2cc(Cl)c(F)cc2[nH]c1=O. The quantitative estimate of drug-likeness (QED) is 0.666. The molecule has 10 heteroatoms. The van der Waals surface area contributed by atoms with E-state index in [1.807, 2.05) is 0 Å². The lowest BCUT2D eigenvalue weighted by atomic mass is 10.1. The molecule has 29 heavy (non-hydrogen) atoms. The number of aromatic amines is 1. The summed E-state index contributed by atoms with van der Waals surface area (Å²) in [5, 5.41) is 3.30. The number of benzene rings is 1. The molecular formula is C19H15ClF2N4O3. The van der Waals surface area contributed by atoms with Crippen molar-refractivity contribution in [1.82, 2.24) is 9.97 Å². The molecular weight excluding hydrogens is 406 g/mol. The molecule has 1 amide bonds. The zero-order chi connectivity index (χ0) is 20.7. The highest BCUT2D eigenvalue weighted by Gasteiger charge is 2.28. The number of amides is 1. The fourth-order valence-corrected chi connectivity index (χ4v) is 3.35. The summed E-state index contributed by atoms with van der Waals surface area (Å²) in [6.07, 6.45) is 0.718. The van der Waals surface area contributed by atoms with Gasteiger partial charge in [0.1, 0.15) is 12.4 Å². The maximum absolute atomic E-state index is 14.9. The Morgan fingerprint density at radius 3 is 2.83 bits per heavy atom. The molecule has 1 atom stereocenters. The molecule has 1 fully saturated rings. The fraction of sp³-hybridized carbons (Fsp3) is 0.211.